The third-order valence-corrected chi connectivity index (χ3v) is 5.62. The first kappa shape index (κ1) is 20.0. The van der Waals surface area contributed by atoms with E-state index in [9.17, 15) is 14.0 Å². The Bertz CT molecular complexity index is 1110. The second kappa shape index (κ2) is 8.22. The number of fused-ring (bicyclic) bond motifs is 1. The summed E-state index contributed by atoms with van der Waals surface area (Å²) in [6.45, 7) is 1.48. The van der Waals surface area contributed by atoms with Gasteiger partial charge in [-0.3, -0.25) is 14.3 Å². The highest BCUT2D eigenvalue weighted by Crippen LogP contribution is 2.29. The minimum Gasteiger partial charge on any atom is -0.354 e. The summed E-state index contributed by atoms with van der Waals surface area (Å²) in [4.78, 5) is 28.1. The molecule has 2 atom stereocenters. The lowest BCUT2D eigenvalue weighted by Gasteiger charge is -2.28. The van der Waals surface area contributed by atoms with Crippen molar-refractivity contribution < 1.29 is 14.0 Å². The number of aryl methyl sites for hydroxylation is 1. The smallest absolute Gasteiger partial charge is 0.228 e. The van der Waals surface area contributed by atoms with Crippen LogP contribution >= 0.6 is 0 Å². The van der Waals surface area contributed by atoms with E-state index in [1.54, 1.807) is 16.9 Å². The van der Waals surface area contributed by atoms with Crippen molar-refractivity contribution in [2.45, 2.75) is 38.6 Å². The number of aromatic nitrogens is 3. The number of anilines is 1. The van der Waals surface area contributed by atoms with E-state index in [1.165, 1.54) is 6.92 Å². The third-order valence-electron chi connectivity index (χ3n) is 5.62. The summed E-state index contributed by atoms with van der Waals surface area (Å²) in [7, 11) is 1.83. The van der Waals surface area contributed by atoms with Crippen LogP contribution in [0.3, 0.4) is 0 Å². The summed E-state index contributed by atoms with van der Waals surface area (Å²) in [5.74, 6) is -0.605. The van der Waals surface area contributed by atoms with E-state index in [0.29, 0.717) is 23.4 Å². The summed E-state index contributed by atoms with van der Waals surface area (Å²) in [5.41, 5.74) is 1.94. The molecule has 1 aromatic carbocycles. The molecule has 1 aliphatic carbocycles. The molecule has 3 aromatic rings. The zero-order chi connectivity index (χ0) is 21.3. The number of nitrogens with one attached hydrogen (secondary N) is 2. The fraction of sp³-hybridized carbons (Fsp3) is 0.364. The predicted molar refractivity (Wildman–Crippen MR) is 112 cm³/mol. The number of rotatable bonds is 4. The standard InChI is InChI=1S/C22H24FN5O2/c1-13(29)26-17-5-3-4-15(8-17)22(30)27-21-10-18(19(23)12-24-21)14-6-7-16-11-25-28(2)20(16)9-14/h6-7,9-12,15,17H,3-5,8H2,1-2H3,(H,26,29)(H,24,27,30)/t15-,17+/m0/s1. The van der Waals surface area contributed by atoms with E-state index in [1.807, 2.05) is 25.2 Å². The van der Waals surface area contributed by atoms with Crippen LogP contribution in [0.15, 0.2) is 36.7 Å². The van der Waals surface area contributed by atoms with Gasteiger partial charge >= 0.3 is 0 Å². The summed E-state index contributed by atoms with van der Waals surface area (Å²) in [6.07, 6.45) is 5.98. The molecule has 1 saturated carbocycles. The van der Waals surface area contributed by atoms with Gasteiger partial charge in [-0.05, 0) is 37.0 Å². The molecule has 0 aliphatic heterocycles. The Hall–Kier alpha value is -3.29. The van der Waals surface area contributed by atoms with Gasteiger partial charge in [0.2, 0.25) is 11.8 Å². The van der Waals surface area contributed by atoms with Crippen LogP contribution in [0, 0.1) is 11.7 Å². The van der Waals surface area contributed by atoms with Crippen molar-refractivity contribution in [1.82, 2.24) is 20.1 Å². The van der Waals surface area contributed by atoms with Crippen LogP contribution in [0.25, 0.3) is 22.0 Å². The fourth-order valence-electron chi connectivity index (χ4n) is 4.11. The van der Waals surface area contributed by atoms with Crippen molar-refractivity contribution in [2.24, 2.45) is 13.0 Å². The molecule has 0 saturated heterocycles. The normalized spacial score (nSPS) is 18.9. The number of nitrogens with zero attached hydrogens (tertiary/aromatic N) is 3. The average molecular weight is 409 g/mol. The summed E-state index contributed by atoms with van der Waals surface area (Å²) < 4.78 is 16.2. The van der Waals surface area contributed by atoms with Gasteiger partial charge in [-0.25, -0.2) is 9.37 Å². The van der Waals surface area contributed by atoms with Gasteiger partial charge in [0.05, 0.1) is 17.9 Å². The highest BCUT2D eigenvalue weighted by Gasteiger charge is 2.28. The van der Waals surface area contributed by atoms with Gasteiger partial charge in [0.15, 0.2) is 0 Å². The molecule has 0 bridgehead atoms. The van der Waals surface area contributed by atoms with Gasteiger partial charge in [0.1, 0.15) is 11.6 Å². The van der Waals surface area contributed by atoms with E-state index in [2.05, 4.69) is 20.7 Å². The molecule has 8 heteroatoms. The number of hydrogen-bond acceptors (Lipinski definition) is 4. The second-order valence-corrected chi connectivity index (χ2v) is 7.84. The minimum absolute atomic E-state index is 0.00867. The zero-order valence-electron chi connectivity index (χ0n) is 17.0. The van der Waals surface area contributed by atoms with E-state index in [4.69, 9.17) is 0 Å². The molecule has 4 rings (SSSR count). The summed E-state index contributed by atoms with van der Waals surface area (Å²) >= 11 is 0. The van der Waals surface area contributed by atoms with E-state index in [0.717, 1.165) is 36.4 Å². The SMILES string of the molecule is CC(=O)N[C@@H]1CCC[C@H](C(=O)Nc2cc(-c3ccc4cnn(C)c4c3)c(F)cn2)C1. The van der Waals surface area contributed by atoms with Crippen LogP contribution in [0.1, 0.15) is 32.6 Å². The Morgan fingerprint density at radius 3 is 2.83 bits per heavy atom. The zero-order valence-corrected chi connectivity index (χ0v) is 17.0. The molecule has 7 nitrogen and oxygen atoms in total. The average Bonchev–Trinajstić information content (AvgIpc) is 3.09. The van der Waals surface area contributed by atoms with Crippen molar-refractivity contribution in [2.75, 3.05) is 5.32 Å². The highest BCUT2D eigenvalue weighted by molar-refractivity contribution is 5.92. The molecule has 0 unspecified atom stereocenters. The van der Waals surface area contributed by atoms with Crippen LogP contribution in [0.2, 0.25) is 0 Å². The maximum absolute atomic E-state index is 14.5. The number of pyridine rings is 1. The Morgan fingerprint density at radius 2 is 2.03 bits per heavy atom. The maximum Gasteiger partial charge on any atom is 0.228 e. The van der Waals surface area contributed by atoms with Gasteiger partial charge in [-0.1, -0.05) is 18.6 Å². The van der Waals surface area contributed by atoms with Crippen molar-refractivity contribution in [1.29, 1.82) is 0 Å². The Balaban J connectivity index is 1.53. The monoisotopic (exact) mass is 409 g/mol. The molecule has 2 amide bonds. The third kappa shape index (κ3) is 4.17. The molecule has 2 aromatic heterocycles. The van der Waals surface area contributed by atoms with Crippen molar-refractivity contribution >= 4 is 28.5 Å². The van der Waals surface area contributed by atoms with Crippen LogP contribution in [0.4, 0.5) is 10.2 Å². The van der Waals surface area contributed by atoms with E-state index < -0.39 is 5.82 Å². The van der Waals surface area contributed by atoms with Crippen LogP contribution in [-0.4, -0.2) is 32.6 Å². The second-order valence-electron chi connectivity index (χ2n) is 7.84. The number of benzene rings is 1. The minimum atomic E-state index is -0.460. The van der Waals surface area contributed by atoms with Gasteiger partial charge < -0.3 is 10.6 Å². The van der Waals surface area contributed by atoms with E-state index >= 15 is 0 Å². The summed E-state index contributed by atoms with van der Waals surface area (Å²) in [5, 5.41) is 10.9. The number of amides is 2. The molecule has 0 radical (unpaired) electrons. The van der Waals surface area contributed by atoms with Crippen molar-refractivity contribution in [3.05, 3.63) is 42.5 Å². The first-order valence-corrected chi connectivity index (χ1v) is 10.1. The van der Waals surface area contributed by atoms with E-state index in [-0.39, 0.29) is 23.8 Å². The molecule has 1 aliphatic rings. The van der Waals surface area contributed by atoms with Gasteiger partial charge in [0.25, 0.3) is 0 Å². The fourth-order valence-corrected chi connectivity index (χ4v) is 4.11. The molecule has 156 valence electrons. The molecule has 1 fully saturated rings. The number of carbonyl (C=O) groups is 2. The first-order valence-electron chi connectivity index (χ1n) is 10.1. The van der Waals surface area contributed by atoms with Gasteiger partial charge in [-0.2, -0.15) is 5.10 Å². The lowest BCUT2D eigenvalue weighted by Crippen LogP contribution is -2.40. The predicted octanol–water partition coefficient (Wildman–Crippen LogP) is 3.41. The Labute approximate surface area is 173 Å². The van der Waals surface area contributed by atoms with Gasteiger partial charge in [0, 0.05) is 36.9 Å². The van der Waals surface area contributed by atoms with Crippen molar-refractivity contribution in [3.8, 4) is 11.1 Å². The van der Waals surface area contributed by atoms with Gasteiger partial charge in [-0.15, -0.1) is 0 Å². The quantitative estimate of drug-likeness (QED) is 0.691. The molecular formula is C22H24FN5O2. The molecule has 2 N–H and O–H groups in total. The van der Waals surface area contributed by atoms with Crippen LogP contribution in [0.5, 0.6) is 0 Å². The Kier molecular flexibility index (Phi) is 5.48. The van der Waals surface area contributed by atoms with Crippen molar-refractivity contribution in [3.63, 3.8) is 0 Å². The number of carbonyl (C=O) groups excluding carboxylic acids is 2. The molecule has 0 spiro atoms. The largest absolute Gasteiger partial charge is 0.354 e. The molecule has 30 heavy (non-hydrogen) atoms. The maximum atomic E-state index is 14.5. The molecular weight excluding hydrogens is 385 g/mol. The number of hydrogen-bond donors (Lipinski definition) is 2. The Morgan fingerprint density at radius 1 is 1.20 bits per heavy atom. The highest BCUT2D eigenvalue weighted by atomic mass is 19.1. The summed E-state index contributed by atoms with van der Waals surface area (Å²) in [6, 6.07) is 7.15. The van der Waals surface area contributed by atoms with Crippen LogP contribution in [-0.2, 0) is 16.6 Å². The number of halogens is 1. The lowest BCUT2D eigenvalue weighted by atomic mass is 9.85. The first-order chi connectivity index (χ1) is 14.4. The lowest BCUT2D eigenvalue weighted by molar-refractivity contribution is -0.123. The molecule has 2 heterocycles. The van der Waals surface area contributed by atoms with Crippen LogP contribution < -0.4 is 10.6 Å². The topological polar surface area (TPSA) is 88.9 Å².